The molecule has 2 unspecified atom stereocenters. The zero-order chi connectivity index (χ0) is 27.2. The molecule has 10 heteroatoms. The van der Waals surface area contributed by atoms with Crippen LogP contribution in [-0.2, 0) is 4.79 Å². The van der Waals surface area contributed by atoms with E-state index in [0.717, 1.165) is 11.1 Å². The van der Waals surface area contributed by atoms with Crippen LogP contribution in [0.25, 0.3) is 22.2 Å². The molecule has 2 atom stereocenters. The molecule has 0 saturated heterocycles. The molecule has 2 aromatic heterocycles. The number of carboxylic acid groups (broad SMARTS) is 1. The van der Waals surface area contributed by atoms with Gasteiger partial charge >= 0.3 is 5.97 Å². The minimum Gasteiger partial charge on any atom is -0.480 e. The molecule has 6 N–H and O–H groups in total. The van der Waals surface area contributed by atoms with E-state index in [2.05, 4.69) is 32.6 Å². The predicted molar refractivity (Wildman–Crippen MR) is 140 cm³/mol. The number of nitrogens with zero attached hydrogens (tertiary/aromatic N) is 2. The number of aliphatic hydroxyl groups is 1. The Hall–Kier alpha value is -5.11. The number of aromatic nitrogens is 2. The average molecular weight is 510 g/mol. The maximum Gasteiger partial charge on any atom is 0.328 e. The van der Waals surface area contributed by atoms with Crippen molar-refractivity contribution < 1.29 is 24.6 Å². The summed E-state index contributed by atoms with van der Waals surface area (Å²) in [6.07, 6.45) is 1.93. The first-order valence-corrected chi connectivity index (χ1v) is 11.5. The fraction of sp³-hybridized carbons (Fsp3) is 0.107. The number of carbonyl (C=O) groups excluding carboxylic acids is 2. The van der Waals surface area contributed by atoms with Gasteiger partial charge in [-0.05, 0) is 55.5 Å². The molecular weight excluding hydrogens is 486 g/mol. The van der Waals surface area contributed by atoms with Crippen molar-refractivity contribution in [3.05, 3.63) is 95.3 Å². The molecule has 0 aliphatic rings. The second-order valence-electron chi connectivity index (χ2n) is 8.36. The number of benzene rings is 2. The number of nitrogens with two attached hydrogens (primary N) is 1. The van der Waals surface area contributed by atoms with Crippen LogP contribution in [0.15, 0.2) is 73.1 Å². The second-order valence-corrected chi connectivity index (χ2v) is 8.36. The van der Waals surface area contributed by atoms with Gasteiger partial charge in [-0.25, -0.2) is 15.6 Å². The quantitative estimate of drug-likeness (QED) is 0.114. The summed E-state index contributed by atoms with van der Waals surface area (Å²) >= 11 is 0. The van der Waals surface area contributed by atoms with E-state index < -0.39 is 29.9 Å². The average Bonchev–Trinajstić information content (AvgIpc) is 2.93. The van der Waals surface area contributed by atoms with Crippen LogP contribution in [0.3, 0.4) is 0 Å². The third-order valence-electron chi connectivity index (χ3n) is 5.70. The van der Waals surface area contributed by atoms with Crippen molar-refractivity contribution in [1.82, 2.24) is 20.7 Å². The third kappa shape index (κ3) is 5.82. The molecular formula is C28H23N5O5. The van der Waals surface area contributed by atoms with Crippen LogP contribution < -0.4 is 16.6 Å². The van der Waals surface area contributed by atoms with E-state index in [9.17, 15) is 19.5 Å². The summed E-state index contributed by atoms with van der Waals surface area (Å²) in [5.74, 6) is 9.03. The molecule has 2 amide bonds. The van der Waals surface area contributed by atoms with Gasteiger partial charge in [-0.3, -0.25) is 20.0 Å². The fourth-order valence-corrected chi connectivity index (χ4v) is 3.67. The molecule has 0 fully saturated rings. The summed E-state index contributed by atoms with van der Waals surface area (Å²) < 4.78 is 0. The minimum absolute atomic E-state index is 0.244. The fourth-order valence-electron chi connectivity index (χ4n) is 3.67. The summed E-state index contributed by atoms with van der Waals surface area (Å²) in [5, 5.41) is 21.5. The number of hydrogen-bond acceptors (Lipinski definition) is 7. The van der Waals surface area contributed by atoms with E-state index in [4.69, 9.17) is 10.9 Å². The molecule has 0 bridgehead atoms. The van der Waals surface area contributed by atoms with Crippen molar-refractivity contribution in [2.45, 2.75) is 19.1 Å². The summed E-state index contributed by atoms with van der Waals surface area (Å²) in [6.45, 7) is 1.29. The lowest BCUT2D eigenvalue weighted by molar-refractivity contribution is -0.141. The SMILES string of the molecule is CC(O)C(NC(=O)c1ccc(C#Cc2ccc(-c3cc(C(=O)NN)c4cnccc4n3)cc2)cc1)C(=O)O. The molecule has 0 saturated carbocycles. The number of hydrogen-bond donors (Lipinski definition) is 5. The molecule has 38 heavy (non-hydrogen) atoms. The molecule has 0 spiro atoms. The standard InChI is InChI=1S/C28H23N5O5/c1-16(34)25(28(37)38)32-26(35)20-10-6-18(7-11-20)3-2-17-4-8-19(9-5-17)24-14-21(27(36)33-29)22-15-30-13-12-23(22)31-24/h4-16,25,34H,29H2,1H3,(H,32,35)(H,33,36)(H,37,38). The number of aliphatic hydroxyl groups excluding tert-OH is 1. The summed E-state index contributed by atoms with van der Waals surface area (Å²) in [7, 11) is 0. The van der Waals surface area contributed by atoms with Crippen molar-refractivity contribution in [3.8, 4) is 23.1 Å². The van der Waals surface area contributed by atoms with Gasteiger partial charge in [0.15, 0.2) is 6.04 Å². The van der Waals surface area contributed by atoms with Gasteiger partial charge in [0.05, 0.1) is 22.9 Å². The van der Waals surface area contributed by atoms with Gasteiger partial charge in [0, 0.05) is 40.0 Å². The maximum atomic E-state index is 12.3. The van der Waals surface area contributed by atoms with Gasteiger partial charge in [-0.2, -0.15) is 0 Å². The molecule has 2 heterocycles. The highest BCUT2D eigenvalue weighted by atomic mass is 16.4. The highest BCUT2D eigenvalue weighted by Crippen LogP contribution is 2.24. The van der Waals surface area contributed by atoms with Gasteiger partial charge < -0.3 is 15.5 Å². The number of nitrogens with one attached hydrogen (secondary N) is 2. The van der Waals surface area contributed by atoms with E-state index >= 15 is 0 Å². The Balaban J connectivity index is 1.50. The topological polar surface area (TPSA) is 168 Å². The van der Waals surface area contributed by atoms with Gasteiger partial charge in [0.2, 0.25) is 0 Å². The molecule has 4 aromatic rings. The Bertz CT molecular complexity index is 1570. The number of nitrogen functional groups attached to an aromatic ring is 1. The van der Waals surface area contributed by atoms with E-state index in [-0.39, 0.29) is 5.56 Å². The number of hydrazine groups is 1. The Labute approximate surface area is 217 Å². The van der Waals surface area contributed by atoms with Crippen molar-refractivity contribution in [1.29, 1.82) is 0 Å². The van der Waals surface area contributed by atoms with Crippen LogP contribution in [-0.4, -0.2) is 50.1 Å². The van der Waals surface area contributed by atoms with Crippen molar-refractivity contribution in [3.63, 3.8) is 0 Å². The smallest absolute Gasteiger partial charge is 0.328 e. The molecule has 190 valence electrons. The highest BCUT2D eigenvalue weighted by molar-refractivity contribution is 6.06. The van der Waals surface area contributed by atoms with Crippen LogP contribution >= 0.6 is 0 Å². The maximum absolute atomic E-state index is 12.3. The first-order chi connectivity index (χ1) is 18.3. The van der Waals surface area contributed by atoms with E-state index in [0.29, 0.717) is 27.7 Å². The lowest BCUT2D eigenvalue weighted by atomic mass is 10.0. The van der Waals surface area contributed by atoms with Crippen LogP contribution in [0.1, 0.15) is 38.8 Å². The first kappa shape index (κ1) is 26.0. The molecule has 0 aliphatic carbocycles. The summed E-state index contributed by atoms with van der Waals surface area (Å²) in [5.41, 5.74) is 6.14. The van der Waals surface area contributed by atoms with Gasteiger partial charge in [0.1, 0.15) is 0 Å². The number of pyridine rings is 2. The number of fused-ring (bicyclic) bond motifs is 1. The highest BCUT2D eigenvalue weighted by Gasteiger charge is 2.25. The Morgan fingerprint density at radius 1 is 0.947 bits per heavy atom. The van der Waals surface area contributed by atoms with E-state index in [1.54, 1.807) is 36.7 Å². The third-order valence-corrected chi connectivity index (χ3v) is 5.70. The van der Waals surface area contributed by atoms with Gasteiger partial charge in [-0.1, -0.05) is 24.0 Å². The molecule has 2 aromatic carbocycles. The largest absolute Gasteiger partial charge is 0.480 e. The zero-order valence-electron chi connectivity index (χ0n) is 20.2. The van der Waals surface area contributed by atoms with Crippen molar-refractivity contribution in [2.24, 2.45) is 5.84 Å². The lowest BCUT2D eigenvalue weighted by Gasteiger charge is -2.16. The Kier molecular flexibility index (Phi) is 7.72. The number of rotatable bonds is 6. The molecule has 0 aliphatic heterocycles. The van der Waals surface area contributed by atoms with Crippen LogP contribution in [0.5, 0.6) is 0 Å². The Morgan fingerprint density at radius 3 is 2.16 bits per heavy atom. The van der Waals surface area contributed by atoms with Gasteiger partial charge in [-0.15, -0.1) is 0 Å². The molecule has 0 radical (unpaired) electrons. The minimum atomic E-state index is -1.41. The van der Waals surface area contributed by atoms with E-state index in [1.807, 2.05) is 24.3 Å². The second kappa shape index (κ2) is 11.3. The summed E-state index contributed by atoms with van der Waals surface area (Å²) in [4.78, 5) is 44.4. The predicted octanol–water partition coefficient (Wildman–Crippen LogP) is 1.86. The Morgan fingerprint density at radius 2 is 1.58 bits per heavy atom. The van der Waals surface area contributed by atoms with Crippen molar-refractivity contribution in [2.75, 3.05) is 0 Å². The van der Waals surface area contributed by atoms with Crippen LogP contribution in [0.2, 0.25) is 0 Å². The van der Waals surface area contributed by atoms with Gasteiger partial charge in [0.25, 0.3) is 11.8 Å². The zero-order valence-corrected chi connectivity index (χ0v) is 20.2. The number of aliphatic carboxylic acids is 1. The molecule has 10 nitrogen and oxygen atoms in total. The number of carbonyl (C=O) groups is 3. The number of carboxylic acids is 1. The van der Waals surface area contributed by atoms with E-state index in [1.165, 1.54) is 19.1 Å². The number of amides is 2. The first-order valence-electron chi connectivity index (χ1n) is 11.5. The normalized spacial score (nSPS) is 12.1. The lowest BCUT2D eigenvalue weighted by Crippen LogP contribution is -2.47. The monoisotopic (exact) mass is 509 g/mol. The molecule has 4 rings (SSSR count). The van der Waals surface area contributed by atoms with Crippen LogP contribution in [0.4, 0.5) is 0 Å². The van der Waals surface area contributed by atoms with Crippen LogP contribution in [0, 0.1) is 11.8 Å². The summed E-state index contributed by atoms with van der Waals surface area (Å²) in [6, 6.07) is 15.7. The van der Waals surface area contributed by atoms with Crippen molar-refractivity contribution >= 4 is 28.7 Å².